The van der Waals surface area contributed by atoms with Crippen LogP contribution in [0.1, 0.15) is 37.7 Å². The predicted molar refractivity (Wildman–Crippen MR) is 85.2 cm³/mol. The molecule has 0 saturated carbocycles. The molecule has 2 aliphatic rings. The van der Waals surface area contributed by atoms with Crippen molar-refractivity contribution in [1.82, 2.24) is 4.90 Å². The Balaban J connectivity index is 1.64. The summed E-state index contributed by atoms with van der Waals surface area (Å²) in [5.41, 5.74) is 1.20. The molecule has 3 heteroatoms. The predicted octanol–water partition coefficient (Wildman–Crippen LogP) is 3.65. The van der Waals surface area contributed by atoms with Gasteiger partial charge in [0, 0.05) is 12.0 Å². The number of methoxy groups -OCH3 is 1. The van der Waals surface area contributed by atoms with Crippen LogP contribution in [-0.4, -0.2) is 37.7 Å². The zero-order valence-corrected chi connectivity index (χ0v) is 13.3. The van der Waals surface area contributed by atoms with Crippen molar-refractivity contribution in [2.24, 2.45) is 5.92 Å². The van der Waals surface area contributed by atoms with Crippen molar-refractivity contribution in [3.05, 3.63) is 23.8 Å². The first-order valence-corrected chi connectivity index (χ1v) is 8.29. The molecule has 0 aromatic heterocycles. The molecule has 0 N–H and O–H groups in total. The van der Waals surface area contributed by atoms with Crippen LogP contribution in [0.15, 0.2) is 18.2 Å². The van der Waals surface area contributed by atoms with Gasteiger partial charge in [0.05, 0.1) is 13.7 Å². The van der Waals surface area contributed by atoms with Crippen LogP contribution in [-0.2, 0) is 0 Å². The summed E-state index contributed by atoms with van der Waals surface area (Å²) in [6.07, 6.45) is 6.71. The van der Waals surface area contributed by atoms with Gasteiger partial charge in [-0.3, -0.25) is 4.90 Å². The normalized spacial score (nSPS) is 26.2. The monoisotopic (exact) mass is 289 g/mol. The molecule has 0 spiro atoms. The second kappa shape index (κ2) is 6.69. The summed E-state index contributed by atoms with van der Waals surface area (Å²) >= 11 is 0. The average Bonchev–Trinajstić information content (AvgIpc) is 2.53. The molecule has 2 aliphatic heterocycles. The zero-order valence-electron chi connectivity index (χ0n) is 13.3. The summed E-state index contributed by atoms with van der Waals surface area (Å²) < 4.78 is 11.6. The molecule has 1 aromatic rings. The summed E-state index contributed by atoms with van der Waals surface area (Å²) in [5, 5.41) is 0. The second-order valence-electron chi connectivity index (χ2n) is 6.47. The molecule has 0 radical (unpaired) electrons. The lowest BCUT2D eigenvalue weighted by atomic mass is 9.84. The Morgan fingerprint density at radius 2 is 1.95 bits per heavy atom. The van der Waals surface area contributed by atoms with Crippen molar-refractivity contribution in [2.75, 3.05) is 26.8 Å². The van der Waals surface area contributed by atoms with Gasteiger partial charge in [0.2, 0.25) is 0 Å². The summed E-state index contributed by atoms with van der Waals surface area (Å²) in [5.74, 6) is 2.41. The number of benzene rings is 1. The summed E-state index contributed by atoms with van der Waals surface area (Å²) in [7, 11) is 1.71. The maximum absolute atomic E-state index is 6.12. The Labute approximate surface area is 128 Å². The fourth-order valence-electron chi connectivity index (χ4n) is 3.86. The molecular weight excluding hydrogens is 262 g/mol. The molecule has 0 amide bonds. The van der Waals surface area contributed by atoms with Crippen LogP contribution in [0.5, 0.6) is 11.5 Å². The van der Waals surface area contributed by atoms with Crippen LogP contribution in [0, 0.1) is 12.8 Å². The number of hydrogen-bond acceptors (Lipinski definition) is 3. The Morgan fingerprint density at radius 1 is 1.10 bits per heavy atom. The molecular formula is C18H27NO2. The summed E-state index contributed by atoms with van der Waals surface area (Å²) in [6, 6.07) is 6.91. The van der Waals surface area contributed by atoms with Crippen LogP contribution in [0.3, 0.4) is 0 Å². The third-order valence-electron chi connectivity index (χ3n) is 5.00. The van der Waals surface area contributed by atoms with E-state index in [2.05, 4.69) is 17.9 Å². The summed E-state index contributed by atoms with van der Waals surface area (Å²) in [6.45, 7) is 5.47. The van der Waals surface area contributed by atoms with Crippen molar-refractivity contribution in [3.63, 3.8) is 0 Å². The average molecular weight is 289 g/mol. The lowest BCUT2D eigenvalue weighted by Crippen LogP contribution is -2.49. The van der Waals surface area contributed by atoms with E-state index in [-0.39, 0.29) is 0 Å². The van der Waals surface area contributed by atoms with Crippen LogP contribution < -0.4 is 9.47 Å². The molecule has 116 valence electrons. The van der Waals surface area contributed by atoms with Gasteiger partial charge in [-0.15, -0.1) is 0 Å². The fraction of sp³-hybridized carbons (Fsp3) is 0.667. The lowest BCUT2D eigenvalue weighted by molar-refractivity contribution is 0.0361. The van der Waals surface area contributed by atoms with E-state index in [0.717, 1.165) is 24.1 Å². The highest BCUT2D eigenvalue weighted by Crippen LogP contribution is 2.33. The molecule has 3 rings (SSSR count). The molecule has 0 unspecified atom stereocenters. The maximum atomic E-state index is 6.12. The molecule has 3 nitrogen and oxygen atoms in total. The number of fused-ring (bicyclic) bond motifs is 1. The highest BCUT2D eigenvalue weighted by Gasteiger charge is 2.33. The number of nitrogens with zero attached hydrogens (tertiary/aromatic N) is 1. The van der Waals surface area contributed by atoms with E-state index in [0.29, 0.717) is 5.92 Å². The van der Waals surface area contributed by atoms with Crippen molar-refractivity contribution < 1.29 is 9.47 Å². The van der Waals surface area contributed by atoms with Crippen molar-refractivity contribution >= 4 is 0 Å². The Kier molecular flexibility index (Phi) is 4.69. The van der Waals surface area contributed by atoms with E-state index in [1.54, 1.807) is 7.11 Å². The topological polar surface area (TPSA) is 21.7 Å². The number of piperidine rings is 2. The van der Waals surface area contributed by atoms with Crippen LogP contribution in [0.25, 0.3) is 0 Å². The van der Waals surface area contributed by atoms with E-state index in [1.807, 2.05) is 12.1 Å². The minimum absolute atomic E-state index is 0.671. The molecule has 0 bridgehead atoms. The van der Waals surface area contributed by atoms with Gasteiger partial charge in [0.1, 0.15) is 0 Å². The highest BCUT2D eigenvalue weighted by molar-refractivity contribution is 5.42. The molecule has 1 aromatic carbocycles. The number of ether oxygens (including phenoxy) is 2. The maximum Gasteiger partial charge on any atom is 0.161 e. The van der Waals surface area contributed by atoms with E-state index in [1.165, 1.54) is 50.8 Å². The second-order valence-corrected chi connectivity index (χ2v) is 6.47. The van der Waals surface area contributed by atoms with Gasteiger partial charge in [-0.25, -0.2) is 0 Å². The Hall–Kier alpha value is -1.22. The molecule has 2 saturated heterocycles. The van der Waals surface area contributed by atoms with E-state index >= 15 is 0 Å². The van der Waals surface area contributed by atoms with E-state index in [4.69, 9.17) is 9.47 Å². The molecule has 2 fully saturated rings. The van der Waals surface area contributed by atoms with Gasteiger partial charge in [0.15, 0.2) is 11.5 Å². The minimum Gasteiger partial charge on any atom is -0.493 e. The first kappa shape index (κ1) is 14.7. The van der Waals surface area contributed by atoms with Crippen LogP contribution >= 0.6 is 0 Å². The molecule has 21 heavy (non-hydrogen) atoms. The van der Waals surface area contributed by atoms with Gasteiger partial charge in [-0.05, 0) is 63.4 Å². The Bertz CT molecular complexity index is 472. The number of hydrogen-bond donors (Lipinski definition) is 0. The van der Waals surface area contributed by atoms with Crippen molar-refractivity contribution in [2.45, 2.75) is 45.1 Å². The summed E-state index contributed by atoms with van der Waals surface area (Å²) in [4.78, 5) is 2.69. The van der Waals surface area contributed by atoms with Gasteiger partial charge in [-0.1, -0.05) is 12.5 Å². The third kappa shape index (κ3) is 3.34. The standard InChI is InChI=1S/C18H27NO2/c1-14-8-9-17(18(12-14)20-2)21-13-15-6-5-11-19-10-4-3-7-16(15)19/h8-9,12,15-16H,3-7,10-11,13H2,1-2H3/t15-,16+/m0/s1. The van der Waals surface area contributed by atoms with Gasteiger partial charge in [0.25, 0.3) is 0 Å². The third-order valence-corrected chi connectivity index (χ3v) is 5.00. The van der Waals surface area contributed by atoms with Crippen LogP contribution in [0.2, 0.25) is 0 Å². The van der Waals surface area contributed by atoms with Gasteiger partial charge < -0.3 is 9.47 Å². The Morgan fingerprint density at radius 3 is 2.81 bits per heavy atom. The van der Waals surface area contributed by atoms with Crippen LogP contribution in [0.4, 0.5) is 0 Å². The minimum atomic E-state index is 0.671. The number of rotatable bonds is 4. The van der Waals surface area contributed by atoms with E-state index in [9.17, 15) is 0 Å². The van der Waals surface area contributed by atoms with Gasteiger partial charge >= 0.3 is 0 Å². The quantitative estimate of drug-likeness (QED) is 0.844. The van der Waals surface area contributed by atoms with Crippen molar-refractivity contribution in [3.8, 4) is 11.5 Å². The SMILES string of the molecule is COc1cc(C)ccc1OC[C@@H]1CCCN2CCCC[C@H]12. The molecule has 2 atom stereocenters. The smallest absolute Gasteiger partial charge is 0.161 e. The largest absolute Gasteiger partial charge is 0.493 e. The lowest BCUT2D eigenvalue weighted by Gasteiger charge is -2.44. The van der Waals surface area contributed by atoms with E-state index < -0.39 is 0 Å². The highest BCUT2D eigenvalue weighted by atomic mass is 16.5. The van der Waals surface area contributed by atoms with Gasteiger partial charge in [-0.2, -0.15) is 0 Å². The molecule has 0 aliphatic carbocycles. The number of aryl methyl sites for hydroxylation is 1. The first-order chi connectivity index (χ1) is 10.3. The fourth-order valence-corrected chi connectivity index (χ4v) is 3.86. The molecule has 2 heterocycles. The first-order valence-electron chi connectivity index (χ1n) is 8.29. The van der Waals surface area contributed by atoms with Crippen molar-refractivity contribution in [1.29, 1.82) is 0 Å². The zero-order chi connectivity index (χ0) is 14.7.